The maximum atomic E-state index is 12.2. The van der Waals surface area contributed by atoms with Crippen LogP contribution in [0.5, 0.6) is 5.75 Å². The van der Waals surface area contributed by atoms with Crippen LogP contribution in [-0.2, 0) is 0 Å². The molecule has 0 saturated carbocycles. The Labute approximate surface area is 107 Å². The summed E-state index contributed by atoms with van der Waals surface area (Å²) in [6.07, 6.45) is 0. The first kappa shape index (κ1) is 13.8. The van der Waals surface area contributed by atoms with E-state index in [-0.39, 0.29) is 5.91 Å². The van der Waals surface area contributed by atoms with Gasteiger partial charge in [-0.2, -0.15) is 0 Å². The molecule has 0 bridgehead atoms. The summed E-state index contributed by atoms with van der Waals surface area (Å²) >= 11 is 6.05. The summed E-state index contributed by atoms with van der Waals surface area (Å²) in [5.74, 6) is 0.526. The number of benzene rings is 1. The van der Waals surface area contributed by atoms with Crippen molar-refractivity contribution in [2.75, 3.05) is 20.2 Å². The van der Waals surface area contributed by atoms with Crippen molar-refractivity contribution >= 4 is 17.5 Å². The number of rotatable bonds is 4. The maximum absolute atomic E-state index is 12.2. The van der Waals surface area contributed by atoms with Crippen LogP contribution in [-0.4, -0.2) is 31.0 Å². The highest BCUT2D eigenvalue weighted by atomic mass is 35.5. The number of nitrogens with zero attached hydrogens (tertiary/aromatic N) is 1. The Kier molecular flexibility index (Phi) is 4.82. The van der Waals surface area contributed by atoms with Gasteiger partial charge in [0.05, 0.1) is 12.7 Å². The van der Waals surface area contributed by atoms with Gasteiger partial charge in [-0.1, -0.05) is 11.6 Å². The molecule has 0 aliphatic rings. The first-order valence-electron chi connectivity index (χ1n) is 5.68. The van der Waals surface area contributed by atoms with E-state index >= 15 is 0 Å². The number of aryl methyl sites for hydroxylation is 1. The van der Waals surface area contributed by atoms with Gasteiger partial charge in [-0.3, -0.25) is 4.79 Å². The third kappa shape index (κ3) is 2.91. The molecule has 0 aliphatic heterocycles. The molecule has 1 aromatic rings. The van der Waals surface area contributed by atoms with Gasteiger partial charge in [-0.05, 0) is 38.5 Å². The number of hydrogen-bond acceptors (Lipinski definition) is 2. The summed E-state index contributed by atoms with van der Waals surface area (Å²) in [7, 11) is 1.56. The largest absolute Gasteiger partial charge is 0.496 e. The van der Waals surface area contributed by atoms with Crippen molar-refractivity contribution in [1.82, 2.24) is 4.90 Å². The monoisotopic (exact) mass is 255 g/mol. The van der Waals surface area contributed by atoms with E-state index < -0.39 is 0 Å². The number of amides is 1. The van der Waals surface area contributed by atoms with E-state index in [1.807, 2.05) is 20.8 Å². The Bertz CT molecular complexity index is 414. The van der Waals surface area contributed by atoms with Crippen LogP contribution in [0.1, 0.15) is 29.8 Å². The van der Waals surface area contributed by atoms with E-state index in [1.165, 1.54) is 0 Å². The van der Waals surface area contributed by atoms with Crippen molar-refractivity contribution in [1.29, 1.82) is 0 Å². The summed E-state index contributed by atoms with van der Waals surface area (Å²) in [6.45, 7) is 7.12. The molecule has 1 rings (SSSR count). The minimum atomic E-state index is -0.0475. The summed E-state index contributed by atoms with van der Waals surface area (Å²) < 4.78 is 5.24. The standard InChI is InChI=1S/C13H18ClNO2/c1-5-15(6-2)13(16)10-8-11(14)9(3)7-12(10)17-4/h7-8H,5-6H2,1-4H3. The number of hydrogen-bond donors (Lipinski definition) is 0. The van der Waals surface area contributed by atoms with E-state index in [0.717, 1.165) is 5.56 Å². The fourth-order valence-corrected chi connectivity index (χ4v) is 1.84. The van der Waals surface area contributed by atoms with Gasteiger partial charge in [0.2, 0.25) is 0 Å². The number of halogens is 1. The van der Waals surface area contributed by atoms with Crippen LogP contribution < -0.4 is 4.74 Å². The highest BCUT2D eigenvalue weighted by Crippen LogP contribution is 2.27. The van der Waals surface area contributed by atoms with Crippen molar-refractivity contribution in [3.63, 3.8) is 0 Å². The molecule has 4 heteroatoms. The lowest BCUT2D eigenvalue weighted by Gasteiger charge is -2.20. The lowest BCUT2D eigenvalue weighted by atomic mass is 10.1. The SMILES string of the molecule is CCN(CC)C(=O)c1cc(Cl)c(C)cc1OC. The second kappa shape index (κ2) is 5.92. The maximum Gasteiger partial charge on any atom is 0.257 e. The van der Waals surface area contributed by atoms with Crippen molar-refractivity contribution < 1.29 is 9.53 Å². The number of carbonyl (C=O) groups is 1. The quantitative estimate of drug-likeness (QED) is 0.827. The highest BCUT2D eigenvalue weighted by Gasteiger charge is 2.18. The molecule has 1 aromatic carbocycles. The van der Waals surface area contributed by atoms with Crippen LogP contribution in [0.25, 0.3) is 0 Å². The molecule has 0 radical (unpaired) electrons. The summed E-state index contributed by atoms with van der Waals surface area (Å²) in [6, 6.07) is 3.47. The zero-order valence-electron chi connectivity index (χ0n) is 10.7. The summed E-state index contributed by atoms with van der Waals surface area (Å²) in [5.41, 5.74) is 1.42. The molecule has 0 fully saturated rings. The highest BCUT2D eigenvalue weighted by molar-refractivity contribution is 6.31. The zero-order chi connectivity index (χ0) is 13.0. The molecule has 0 atom stereocenters. The minimum absolute atomic E-state index is 0.0475. The molecular formula is C13H18ClNO2. The van der Waals surface area contributed by atoms with Crippen molar-refractivity contribution in [3.05, 3.63) is 28.3 Å². The van der Waals surface area contributed by atoms with Crippen LogP contribution >= 0.6 is 11.6 Å². The fraction of sp³-hybridized carbons (Fsp3) is 0.462. The Balaban J connectivity index is 3.20. The van der Waals surface area contributed by atoms with Gasteiger partial charge >= 0.3 is 0 Å². The molecule has 0 aromatic heterocycles. The normalized spacial score (nSPS) is 10.2. The average Bonchev–Trinajstić information content (AvgIpc) is 2.33. The van der Waals surface area contributed by atoms with Crippen LogP contribution in [0.2, 0.25) is 5.02 Å². The molecule has 0 saturated heterocycles. The molecule has 94 valence electrons. The Morgan fingerprint density at radius 2 is 1.94 bits per heavy atom. The summed E-state index contributed by atoms with van der Waals surface area (Å²) in [4.78, 5) is 14.0. The van der Waals surface area contributed by atoms with Crippen LogP contribution in [0.3, 0.4) is 0 Å². The smallest absolute Gasteiger partial charge is 0.257 e. The van der Waals surface area contributed by atoms with E-state index in [1.54, 1.807) is 24.1 Å². The van der Waals surface area contributed by atoms with Gasteiger partial charge in [-0.15, -0.1) is 0 Å². The minimum Gasteiger partial charge on any atom is -0.496 e. The molecule has 17 heavy (non-hydrogen) atoms. The molecular weight excluding hydrogens is 238 g/mol. The predicted octanol–water partition coefficient (Wildman–Crippen LogP) is 3.14. The second-order valence-corrected chi connectivity index (χ2v) is 4.19. The van der Waals surface area contributed by atoms with E-state index in [0.29, 0.717) is 29.4 Å². The Morgan fingerprint density at radius 3 is 2.41 bits per heavy atom. The third-order valence-corrected chi connectivity index (χ3v) is 3.17. The van der Waals surface area contributed by atoms with Gasteiger partial charge in [0.25, 0.3) is 5.91 Å². The molecule has 1 amide bonds. The van der Waals surface area contributed by atoms with Crippen molar-refractivity contribution in [2.45, 2.75) is 20.8 Å². The number of methoxy groups -OCH3 is 1. The van der Waals surface area contributed by atoms with Gasteiger partial charge in [0.15, 0.2) is 0 Å². The van der Waals surface area contributed by atoms with Crippen molar-refractivity contribution in [2.24, 2.45) is 0 Å². The van der Waals surface area contributed by atoms with E-state index in [9.17, 15) is 4.79 Å². The van der Waals surface area contributed by atoms with Crippen LogP contribution in [0.4, 0.5) is 0 Å². The molecule has 3 nitrogen and oxygen atoms in total. The van der Waals surface area contributed by atoms with Crippen molar-refractivity contribution in [3.8, 4) is 5.75 Å². The Hall–Kier alpha value is -1.22. The Morgan fingerprint density at radius 1 is 1.35 bits per heavy atom. The number of carbonyl (C=O) groups excluding carboxylic acids is 1. The molecule has 0 unspecified atom stereocenters. The zero-order valence-corrected chi connectivity index (χ0v) is 11.5. The number of ether oxygens (including phenoxy) is 1. The third-order valence-electron chi connectivity index (χ3n) is 2.76. The van der Waals surface area contributed by atoms with Gasteiger partial charge in [0, 0.05) is 18.1 Å². The first-order valence-corrected chi connectivity index (χ1v) is 6.06. The summed E-state index contributed by atoms with van der Waals surface area (Å²) in [5, 5.41) is 0.585. The molecule has 0 spiro atoms. The van der Waals surface area contributed by atoms with Gasteiger partial charge in [-0.25, -0.2) is 0 Å². The molecule has 0 N–H and O–H groups in total. The molecule has 0 aliphatic carbocycles. The van der Waals surface area contributed by atoms with E-state index in [4.69, 9.17) is 16.3 Å². The topological polar surface area (TPSA) is 29.5 Å². The second-order valence-electron chi connectivity index (χ2n) is 3.78. The average molecular weight is 256 g/mol. The lowest BCUT2D eigenvalue weighted by Crippen LogP contribution is -2.30. The van der Waals surface area contributed by atoms with E-state index in [2.05, 4.69) is 0 Å². The fourth-order valence-electron chi connectivity index (χ4n) is 1.67. The molecule has 0 heterocycles. The van der Waals surface area contributed by atoms with Crippen LogP contribution in [0, 0.1) is 6.92 Å². The van der Waals surface area contributed by atoms with Gasteiger partial charge < -0.3 is 9.64 Å². The van der Waals surface area contributed by atoms with Gasteiger partial charge in [0.1, 0.15) is 5.75 Å². The van der Waals surface area contributed by atoms with Crippen LogP contribution in [0.15, 0.2) is 12.1 Å². The first-order chi connectivity index (χ1) is 8.04. The lowest BCUT2D eigenvalue weighted by molar-refractivity contribution is 0.0769. The predicted molar refractivity (Wildman–Crippen MR) is 70.0 cm³/mol.